The van der Waals surface area contributed by atoms with E-state index in [0.717, 1.165) is 31.6 Å². The van der Waals surface area contributed by atoms with Crippen molar-refractivity contribution in [3.8, 4) is 0 Å². The molecular formula is C12H16ClN3O. The summed E-state index contributed by atoms with van der Waals surface area (Å²) in [6, 6.07) is 3.56. The van der Waals surface area contributed by atoms with Gasteiger partial charge in [-0.3, -0.25) is 4.79 Å². The van der Waals surface area contributed by atoms with Crippen LogP contribution in [0.1, 0.15) is 19.3 Å². The molecule has 1 aliphatic heterocycles. The first-order valence-corrected chi connectivity index (χ1v) is 6.20. The van der Waals surface area contributed by atoms with E-state index in [9.17, 15) is 4.79 Å². The van der Waals surface area contributed by atoms with Crippen molar-refractivity contribution < 1.29 is 4.79 Å². The first-order valence-electron chi connectivity index (χ1n) is 5.82. The number of likely N-dealkylation sites (N-methyl/N-ethyl adjacent to an activating group) is 1. The number of amides is 1. The molecule has 2 rings (SSSR count). The number of carbonyl (C=O) groups excluding carboxylic acids is 1. The van der Waals surface area contributed by atoms with E-state index >= 15 is 0 Å². The van der Waals surface area contributed by atoms with Crippen LogP contribution in [0.15, 0.2) is 18.3 Å². The summed E-state index contributed by atoms with van der Waals surface area (Å²) in [7, 11) is 1.67. The molecule has 2 heterocycles. The first-order chi connectivity index (χ1) is 8.22. The van der Waals surface area contributed by atoms with Crippen LogP contribution in [0.2, 0.25) is 5.02 Å². The molecule has 17 heavy (non-hydrogen) atoms. The first kappa shape index (κ1) is 12.2. The van der Waals surface area contributed by atoms with Gasteiger partial charge in [0.2, 0.25) is 5.91 Å². The molecule has 0 aromatic carbocycles. The SMILES string of the molecule is CNC(=O)C1CCCCN1c1ccc(Cl)cn1. The molecule has 0 bridgehead atoms. The second-order valence-corrected chi connectivity index (χ2v) is 4.59. The molecule has 1 fully saturated rings. The zero-order valence-electron chi connectivity index (χ0n) is 9.82. The van der Waals surface area contributed by atoms with Crippen LogP contribution in [0.25, 0.3) is 0 Å². The van der Waals surface area contributed by atoms with Crippen LogP contribution in [0.5, 0.6) is 0 Å². The molecule has 0 aliphatic carbocycles. The largest absolute Gasteiger partial charge is 0.357 e. The van der Waals surface area contributed by atoms with Crippen LogP contribution in [-0.4, -0.2) is 30.5 Å². The minimum atomic E-state index is -0.109. The number of carbonyl (C=O) groups is 1. The summed E-state index contributed by atoms with van der Waals surface area (Å²) in [5.41, 5.74) is 0. The summed E-state index contributed by atoms with van der Waals surface area (Å²) < 4.78 is 0. The van der Waals surface area contributed by atoms with Crippen molar-refractivity contribution in [1.29, 1.82) is 0 Å². The fourth-order valence-corrected chi connectivity index (χ4v) is 2.29. The molecule has 0 saturated carbocycles. The molecule has 1 aromatic rings. The van der Waals surface area contributed by atoms with Gasteiger partial charge >= 0.3 is 0 Å². The fraction of sp³-hybridized carbons (Fsp3) is 0.500. The molecule has 1 unspecified atom stereocenters. The third-order valence-electron chi connectivity index (χ3n) is 3.06. The summed E-state index contributed by atoms with van der Waals surface area (Å²) >= 11 is 5.82. The van der Waals surface area contributed by atoms with Gasteiger partial charge in [0, 0.05) is 19.8 Å². The number of anilines is 1. The third kappa shape index (κ3) is 2.69. The molecule has 92 valence electrons. The summed E-state index contributed by atoms with van der Waals surface area (Å²) in [6.07, 6.45) is 4.68. The van der Waals surface area contributed by atoms with Crippen molar-refractivity contribution in [2.75, 3.05) is 18.5 Å². The molecule has 1 atom stereocenters. The summed E-state index contributed by atoms with van der Waals surface area (Å²) in [6.45, 7) is 0.868. The maximum absolute atomic E-state index is 11.8. The maximum Gasteiger partial charge on any atom is 0.242 e. The van der Waals surface area contributed by atoms with Crippen LogP contribution < -0.4 is 10.2 Å². The van der Waals surface area contributed by atoms with Gasteiger partial charge in [0.25, 0.3) is 0 Å². The Kier molecular flexibility index (Phi) is 3.84. The monoisotopic (exact) mass is 253 g/mol. The van der Waals surface area contributed by atoms with E-state index in [0.29, 0.717) is 5.02 Å². The predicted molar refractivity (Wildman–Crippen MR) is 68.3 cm³/mol. The number of aromatic nitrogens is 1. The van der Waals surface area contributed by atoms with E-state index in [2.05, 4.69) is 15.2 Å². The zero-order valence-corrected chi connectivity index (χ0v) is 10.6. The highest BCUT2D eigenvalue weighted by Gasteiger charge is 2.28. The second kappa shape index (κ2) is 5.36. The number of rotatable bonds is 2. The molecule has 5 heteroatoms. The van der Waals surface area contributed by atoms with Gasteiger partial charge in [-0.25, -0.2) is 4.98 Å². The van der Waals surface area contributed by atoms with Crippen molar-refractivity contribution in [3.63, 3.8) is 0 Å². The van der Waals surface area contributed by atoms with E-state index in [1.54, 1.807) is 19.3 Å². The fourth-order valence-electron chi connectivity index (χ4n) is 2.18. The second-order valence-electron chi connectivity index (χ2n) is 4.15. The number of pyridine rings is 1. The number of nitrogens with one attached hydrogen (secondary N) is 1. The molecule has 1 amide bonds. The van der Waals surface area contributed by atoms with Crippen LogP contribution in [-0.2, 0) is 4.79 Å². The Morgan fingerprint density at radius 2 is 2.35 bits per heavy atom. The predicted octanol–water partition coefficient (Wildman–Crippen LogP) is 1.84. The van der Waals surface area contributed by atoms with Crippen LogP contribution >= 0.6 is 11.6 Å². The Balaban J connectivity index is 2.21. The van der Waals surface area contributed by atoms with Gasteiger partial charge in [0.1, 0.15) is 11.9 Å². The van der Waals surface area contributed by atoms with E-state index in [4.69, 9.17) is 11.6 Å². The summed E-state index contributed by atoms with van der Waals surface area (Å²) in [4.78, 5) is 18.1. The lowest BCUT2D eigenvalue weighted by Gasteiger charge is -2.35. The number of piperidine rings is 1. The van der Waals surface area contributed by atoms with Gasteiger partial charge in [0.05, 0.1) is 5.02 Å². The van der Waals surface area contributed by atoms with E-state index in [-0.39, 0.29) is 11.9 Å². The third-order valence-corrected chi connectivity index (χ3v) is 3.28. The lowest BCUT2D eigenvalue weighted by atomic mass is 10.0. The van der Waals surface area contributed by atoms with E-state index < -0.39 is 0 Å². The molecule has 1 N–H and O–H groups in total. The standard InChI is InChI=1S/C12H16ClN3O/c1-14-12(17)10-4-2-3-7-16(10)11-6-5-9(13)8-15-11/h5-6,8,10H,2-4,7H2,1H3,(H,14,17). The highest BCUT2D eigenvalue weighted by Crippen LogP contribution is 2.24. The lowest BCUT2D eigenvalue weighted by molar-refractivity contribution is -0.122. The maximum atomic E-state index is 11.8. The Hall–Kier alpha value is -1.29. The van der Waals surface area contributed by atoms with Crippen molar-refractivity contribution in [3.05, 3.63) is 23.4 Å². The van der Waals surface area contributed by atoms with Crippen LogP contribution in [0, 0.1) is 0 Å². The van der Waals surface area contributed by atoms with E-state index in [1.807, 2.05) is 6.07 Å². The van der Waals surface area contributed by atoms with E-state index in [1.165, 1.54) is 0 Å². The van der Waals surface area contributed by atoms with Gasteiger partial charge in [0.15, 0.2) is 0 Å². The van der Waals surface area contributed by atoms with Crippen molar-refractivity contribution in [2.45, 2.75) is 25.3 Å². The van der Waals surface area contributed by atoms with Crippen molar-refractivity contribution in [2.24, 2.45) is 0 Å². The average Bonchev–Trinajstić information content (AvgIpc) is 2.39. The molecule has 1 saturated heterocycles. The molecule has 4 nitrogen and oxygen atoms in total. The highest BCUT2D eigenvalue weighted by atomic mass is 35.5. The van der Waals surface area contributed by atoms with Gasteiger partial charge in [-0.15, -0.1) is 0 Å². The molecule has 1 aliphatic rings. The number of hydrogen-bond acceptors (Lipinski definition) is 3. The van der Waals surface area contributed by atoms with Gasteiger partial charge in [-0.2, -0.15) is 0 Å². The van der Waals surface area contributed by atoms with Crippen molar-refractivity contribution >= 4 is 23.3 Å². The molecule has 1 aromatic heterocycles. The minimum absolute atomic E-state index is 0.0569. The zero-order chi connectivity index (χ0) is 12.3. The average molecular weight is 254 g/mol. The van der Waals surface area contributed by atoms with Crippen LogP contribution in [0.3, 0.4) is 0 Å². The highest BCUT2D eigenvalue weighted by molar-refractivity contribution is 6.30. The molecule has 0 spiro atoms. The number of hydrogen-bond donors (Lipinski definition) is 1. The Bertz CT molecular complexity index is 393. The summed E-state index contributed by atoms with van der Waals surface area (Å²) in [5.74, 6) is 0.879. The van der Waals surface area contributed by atoms with Gasteiger partial charge in [-0.05, 0) is 31.4 Å². The Morgan fingerprint density at radius 1 is 1.53 bits per heavy atom. The molecule has 0 radical (unpaired) electrons. The quantitative estimate of drug-likeness (QED) is 0.875. The normalized spacial score (nSPS) is 20.1. The molecular weight excluding hydrogens is 238 g/mol. The lowest BCUT2D eigenvalue weighted by Crippen LogP contribution is -2.49. The Morgan fingerprint density at radius 3 is 3.00 bits per heavy atom. The Labute approximate surface area is 106 Å². The van der Waals surface area contributed by atoms with Gasteiger partial charge < -0.3 is 10.2 Å². The number of nitrogens with zero attached hydrogens (tertiary/aromatic N) is 2. The van der Waals surface area contributed by atoms with Gasteiger partial charge in [-0.1, -0.05) is 11.6 Å². The van der Waals surface area contributed by atoms with Crippen LogP contribution in [0.4, 0.5) is 5.82 Å². The number of halogens is 1. The van der Waals surface area contributed by atoms with Crippen molar-refractivity contribution in [1.82, 2.24) is 10.3 Å². The minimum Gasteiger partial charge on any atom is -0.357 e. The summed E-state index contributed by atoms with van der Waals surface area (Å²) in [5, 5.41) is 3.32. The smallest absolute Gasteiger partial charge is 0.242 e. The topological polar surface area (TPSA) is 45.2 Å².